The van der Waals surface area contributed by atoms with E-state index < -0.39 is 18.8 Å². The molecule has 0 spiro atoms. The highest BCUT2D eigenvalue weighted by molar-refractivity contribution is 6.07. The summed E-state index contributed by atoms with van der Waals surface area (Å²) in [4.78, 5) is 0. The van der Waals surface area contributed by atoms with Crippen molar-refractivity contribution in [1.29, 1.82) is 0 Å². The third kappa shape index (κ3) is 2.04. The normalized spacial score (nSPS) is 14.0. The van der Waals surface area contributed by atoms with Gasteiger partial charge in [-0.25, -0.2) is 0 Å². The van der Waals surface area contributed by atoms with Crippen LogP contribution in [-0.2, 0) is 6.54 Å². The molecule has 0 saturated carbocycles. The first-order chi connectivity index (χ1) is 9.48. The number of alkyl halides is 3. The molecule has 3 rings (SSSR count). The molecule has 2 nitrogen and oxygen atoms in total. The molecule has 1 aromatic heterocycles. The predicted octanol–water partition coefficient (Wildman–Crippen LogP) is 3.72. The second-order valence-electron chi connectivity index (χ2n) is 4.70. The first-order valence-corrected chi connectivity index (χ1v) is 6.19. The summed E-state index contributed by atoms with van der Waals surface area (Å²) in [6.07, 6.45) is -6.99. The molecule has 20 heavy (non-hydrogen) atoms. The van der Waals surface area contributed by atoms with Crippen LogP contribution in [0.2, 0.25) is 0 Å². The molecule has 1 N–H and O–H groups in total. The number of fused-ring (bicyclic) bond motifs is 3. The predicted molar refractivity (Wildman–Crippen MR) is 71.5 cm³/mol. The number of halogens is 3. The monoisotopic (exact) mass is 279 g/mol. The number of para-hydroxylation sites is 2. The number of aromatic nitrogens is 1. The fourth-order valence-electron chi connectivity index (χ4n) is 2.48. The third-order valence-corrected chi connectivity index (χ3v) is 3.41. The van der Waals surface area contributed by atoms with Crippen molar-refractivity contribution in [2.24, 2.45) is 0 Å². The van der Waals surface area contributed by atoms with Gasteiger partial charge in [0.2, 0.25) is 0 Å². The fourth-order valence-corrected chi connectivity index (χ4v) is 2.48. The van der Waals surface area contributed by atoms with Gasteiger partial charge in [-0.3, -0.25) is 0 Å². The smallest absolute Gasteiger partial charge is 0.382 e. The molecule has 104 valence electrons. The minimum atomic E-state index is -4.62. The first kappa shape index (κ1) is 13.0. The largest absolute Gasteiger partial charge is 0.416 e. The molecule has 2 aromatic carbocycles. The van der Waals surface area contributed by atoms with Gasteiger partial charge in [-0.1, -0.05) is 36.4 Å². The lowest BCUT2D eigenvalue weighted by molar-refractivity contribution is -0.206. The lowest BCUT2D eigenvalue weighted by Gasteiger charge is -2.16. The van der Waals surface area contributed by atoms with Gasteiger partial charge >= 0.3 is 6.18 Å². The number of nitrogens with zero attached hydrogens (tertiary/aromatic N) is 1. The van der Waals surface area contributed by atoms with Gasteiger partial charge in [0, 0.05) is 21.8 Å². The number of aliphatic hydroxyl groups is 1. The molecule has 0 fully saturated rings. The van der Waals surface area contributed by atoms with Crippen LogP contribution in [0, 0.1) is 0 Å². The van der Waals surface area contributed by atoms with Crippen LogP contribution in [0.5, 0.6) is 0 Å². The molecule has 3 aromatic rings. The summed E-state index contributed by atoms with van der Waals surface area (Å²) in [7, 11) is 0. The van der Waals surface area contributed by atoms with Crippen LogP contribution in [0.15, 0.2) is 48.5 Å². The highest BCUT2D eigenvalue weighted by atomic mass is 19.4. The lowest BCUT2D eigenvalue weighted by atomic mass is 10.2. The van der Waals surface area contributed by atoms with Gasteiger partial charge in [-0.15, -0.1) is 0 Å². The Hall–Kier alpha value is -2.01. The SMILES string of the molecule is O[C@@H](Cn1c2ccccc2c2ccccc21)C(F)(F)F. The molecule has 0 aliphatic rings. The van der Waals surface area contributed by atoms with Gasteiger partial charge in [0.05, 0.1) is 6.54 Å². The van der Waals surface area contributed by atoms with Crippen LogP contribution in [0.25, 0.3) is 21.8 Å². The Bertz CT molecular complexity index is 707. The maximum atomic E-state index is 12.6. The number of benzene rings is 2. The first-order valence-electron chi connectivity index (χ1n) is 6.19. The Balaban J connectivity index is 2.22. The van der Waals surface area contributed by atoms with Crippen molar-refractivity contribution in [2.45, 2.75) is 18.8 Å². The summed E-state index contributed by atoms with van der Waals surface area (Å²) < 4.78 is 39.3. The molecule has 0 aliphatic carbocycles. The Morgan fingerprint density at radius 3 is 1.80 bits per heavy atom. The molecular weight excluding hydrogens is 267 g/mol. The zero-order valence-electron chi connectivity index (χ0n) is 10.4. The van der Waals surface area contributed by atoms with E-state index in [-0.39, 0.29) is 0 Å². The van der Waals surface area contributed by atoms with E-state index in [1.165, 1.54) is 4.57 Å². The van der Waals surface area contributed by atoms with E-state index in [0.717, 1.165) is 10.8 Å². The highest BCUT2D eigenvalue weighted by Crippen LogP contribution is 2.30. The van der Waals surface area contributed by atoms with Crippen molar-refractivity contribution in [3.8, 4) is 0 Å². The van der Waals surface area contributed by atoms with Crippen molar-refractivity contribution < 1.29 is 18.3 Å². The van der Waals surface area contributed by atoms with Crippen molar-refractivity contribution in [1.82, 2.24) is 4.57 Å². The summed E-state index contributed by atoms with van der Waals surface area (Å²) in [6, 6.07) is 14.5. The Kier molecular flexibility index (Phi) is 2.94. The number of hydrogen-bond donors (Lipinski definition) is 1. The van der Waals surface area contributed by atoms with Crippen molar-refractivity contribution >= 4 is 21.8 Å². The van der Waals surface area contributed by atoms with E-state index >= 15 is 0 Å². The van der Waals surface area contributed by atoms with E-state index in [2.05, 4.69) is 0 Å². The molecule has 0 radical (unpaired) electrons. The van der Waals surface area contributed by atoms with Gasteiger partial charge in [-0.2, -0.15) is 13.2 Å². The van der Waals surface area contributed by atoms with Crippen molar-refractivity contribution in [3.05, 3.63) is 48.5 Å². The van der Waals surface area contributed by atoms with Crippen LogP contribution in [0.1, 0.15) is 0 Å². The molecule has 0 saturated heterocycles. The fraction of sp³-hybridized carbons (Fsp3) is 0.200. The Morgan fingerprint density at radius 1 is 0.900 bits per heavy atom. The maximum absolute atomic E-state index is 12.6. The highest BCUT2D eigenvalue weighted by Gasteiger charge is 2.38. The van der Waals surface area contributed by atoms with Crippen LogP contribution in [0.3, 0.4) is 0 Å². The van der Waals surface area contributed by atoms with E-state index in [9.17, 15) is 18.3 Å². The number of aliphatic hydroxyl groups excluding tert-OH is 1. The zero-order valence-corrected chi connectivity index (χ0v) is 10.4. The van der Waals surface area contributed by atoms with Crippen molar-refractivity contribution in [2.75, 3.05) is 0 Å². The van der Waals surface area contributed by atoms with Crippen molar-refractivity contribution in [3.63, 3.8) is 0 Å². The van der Waals surface area contributed by atoms with Gasteiger partial charge in [0.1, 0.15) is 0 Å². The van der Waals surface area contributed by atoms with Gasteiger partial charge in [0.25, 0.3) is 0 Å². The maximum Gasteiger partial charge on any atom is 0.416 e. The van der Waals surface area contributed by atoms with E-state index in [1.807, 2.05) is 24.3 Å². The molecule has 5 heteroatoms. The second kappa shape index (κ2) is 4.52. The van der Waals surface area contributed by atoms with Gasteiger partial charge < -0.3 is 9.67 Å². The molecule has 0 unspecified atom stereocenters. The molecule has 0 bridgehead atoms. The van der Waals surface area contributed by atoms with Crippen LogP contribution in [-0.4, -0.2) is 22.0 Å². The van der Waals surface area contributed by atoms with Gasteiger partial charge in [-0.05, 0) is 12.1 Å². The standard InChI is InChI=1S/C15H12F3NO/c16-15(17,18)14(20)9-19-12-7-3-1-5-10(12)11-6-2-4-8-13(11)19/h1-8,14,20H,9H2/t14-/m0/s1. The Labute approximate surface area is 113 Å². The summed E-state index contributed by atoms with van der Waals surface area (Å²) in [5.41, 5.74) is 1.38. The van der Waals surface area contributed by atoms with Gasteiger partial charge in [0.15, 0.2) is 6.10 Å². The van der Waals surface area contributed by atoms with E-state index in [1.54, 1.807) is 24.3 Å². The minimum absolute atomic E-state index is 0.502. The average Bonchev–Trinajstić information content (AvgIpc) is 2.73. The average molecular weight is 279 g/mol. The molecule has 1 atom stereocenters. The number of hydrogen-bond acceptors (Lipinski definition) is 1. The second-order valence-corrected chi connectivity index (χ2v) is 4.70. The van der Waals surface area contributed by atoms with Crippen LogP contribution < -0.4 is 0 Å². The third-order valence-electron chi connectivity index (χ3n) is 3.41. The quantitative estimate of drug-likeness (QED) is 0.760. The summed E-state index contributed by atoms with van der Waals surface area (Å²) in [5.74, 6) is 0. The van der Waals surface area contributed by atoms with E-state index in [0.29, 0.717) is 11.0 Å². The lowest BCUT2D eigenvalue weighted by Crippen LogP contribution is -2.32. The van der Waals surface area contributed by atoms with Crippen LogP contribution >= 0.6 is 0 Å². The summed E-state index contributed by atoms with van der Waals surface area (Å²) in [5, 5.41) is 11.1. The molecule has 0 aliphatic heterocycles. The zero-order chi connectivity index (χ0) is 14.3. The molecule has 1 heterocycles. The van der Waals surface area contributed by atoms with Crippen LogP contribution in [0.4, 0.5) is 13.2 Å². The topological polar surface area (TPSA) is 25.2 Å². The Morgan fingerprint density at radius 2 is 1.35 bits per heavy atom. The number of rotatable bonds is 2. The summed E-state index contributed by atoms with van der Waals surface area (Å²) in [6.45, 7) is -0.502. The van der Waals surface area contributed by atoms with E-state index in [4.69, 9.17) is 0 Å². The minimum Gasteiger partial charge on any atom is -0.382 e. The molecular formula is C15H12F3NO. The summed E-state index contributed by atoms with van der Waals surface area (Å²) >= 11 is 0. The molecule has 0 amide bonds.